The van der Waals surface area contributed by atoms with E-state index < -0.39 is 0 Å². The Kier molecular flexibility index (Phi) is 12.9. The summed E-state index contributed by atoms with van der Waals surface area (Å²) in [5.74, 6) is 0. The Morgan fingerprint density at radius 1 is 1.71 bits per heavy atom. The molecule has 0 radical (unpaired) electrons. The molecule has 0 spiro atoms. The minimum Gasteiger partial charge on any atom is -0.358 e. The lowest BCUT2D eigenvalue weighted by Gasteiger charge is -1.71. The van der Waals surface area contributed by atoms with Gasteiger partial charge in [0.15, 0.2) is 0 Å². The molecule has 0 aliphatic rings. The molecule has 0 saturated carbocycles. The summed E-state index contributed by atoms with van der Waals surface area (Å²) in [5, 5.41) is 4.64. The number of rotatable bonds is 1. The third-order valence-electron chi connectivity index (χ3n) is 0.348. The molecule has 42 valence electrons. The molecule has 0 amide bonds. The van der Waals surface area contributed by atoms with Crippen LogP contribution in [0.5, 0.6) is 0 Å². The Morgan fingerprint density at radius 3 is 1.86 bits per heavy atom. The molecular weight excluding hydrogens is 102 g/mol. The molecule has 2 N–H and O–H groups in total. The SMILES string of the molecule is C=CC(=C)C.N[SiH3]. The van der Waals surface area contributed by atoms with Crippen LogP contribution < -0.4 is 5.40 Å². The Hall–Kier alpha value is -0.343. The molecule has 0 bridgehead atoms. The van der Waals surface area contributed by atoms with Crippen LogP contribution in [0.4, 0.5) is 0 Å². The molecule has 0 aliphatic heterocycles. The molecular formula is C5H13NSi. The van der Waals surface area contributed by atoms with Crippen LogP contribution in [0.3, 0.4) is 0 Å². The Bertz CT molecular complexity index is 59.1. The maximum atomic E-state index is 4.64. The first-order chi connectivity index (χ1) is 3.27. The largest absolute Gasteiger partial charge is 0.358 e. The predicted octanol–water partition coefficient (Wildman–Crippen LogP) is -0.0260. The van der Waals surface area contributed by atoms with Crippen LogP contribution in [0, 0.1) is 0 Å². The van der Waals surface area contributed by atoms with Gasteiger partial charge in [0.25, 0.3) is 0 Å². The zero-order chi connectivity index (χ0) is 6.28. The molecule has 0 atom stereocenters. The predicted molar refractivity (Wildman–Crippen MR) is 39.1 cm³/mol. The van der Waals surface area contributed by atoms with Crippen molar-refractivity contribution in [3.63, 3.8) is 0 Å². The molecule has 1 nitrogen and oxygen atoms in total. The highest BCUT2D eigenvalue weighted by atomic mass is 28.2. The summed E-state index contributed by atoms with van der Waals surface area (Å²) in [6.45, 7) is 8.93. The van der Waals surface area contributed by atoms with Gasteiger partial charge in [0, 0.05) is 0 Å². The smallest absolute Gasteiger partial charge is 0.0716 e. The van der Waals surface area contributed by atoms with Crippen molar-refractivity contribution in [1.82, 2.24) is 0 Å². The number of nitrogens with two attached hydrogens (primary N) is 1. The number of hydrogen-bond acceptors (Lipinski definition) is 1. The van der Waals surface area contributed by atoms with Gasteiger partial charge >= 0.3 is 0 Å². The van der Waals surface area contributed by atoms with Gasteiger partial charge in [-0.15, -0.1) is 0 Å². The van der Waals surface area contributed by atoms with Crippen molar-refractivity contribution >= 4 is 10.4 Å². The fourth-order valence-electron chi connectivity index (χ4n) is 0. The third-order valence-corrected chi connectivity index (χ3v) is 0.348. The summed E-state index contributed by atoms with van der Waals surface area (Å²) in [5.41, 5.74) is 1.02. The maximum Gasteiger partial charge on any atom is 0.0716 e. The van der Waals surface area contributed by atoms with Crippen LogP contribution >= 0.6 is 0 Å². The lowest BCUT2D eigenvalue weighted by molar-refractivity contribution is 1.58. The zero-order valence-electron chi connectivity index (χ0n) is 5.07. The summed E-state index contributed by atoms with van der Waals surface area (Å²) in [6, 6.07) is 0. The van der Waals surface area contributed by atoms with Crippen LogP contribution in [-0.2, 0) is 0 Å². The monoisotopic (exact) mass is 115 g/mol. The van der Waals surface area contributed by atoms with E-state index in [2.05, 4.69) is 18.6 Å². The lowest BCUT2D eigenvalue weighted by atomic mass is 10.4. The highest BCUT2D eigenvalue weighted by Crippen LogP contribution is 1.81. The average Bonchev–Trinajstić information content (AvgIpc) is 1.73. The fourth-order valence-corrected chi connectivity index (χ4v) is 0. The van der Waals surface area contributed by atoms with Crippen LogP contribution in [0.2, 0.25) is 0 Å². The maximum absolute atomic E-state index is 4.64. The van der Waals surface area contributed by atoms with Crippen molar-refractivity contribution in [2.45, 2.75) is 6.92 Å². The highest BCUT2D eigenvalue weighted by molar-refractivity contribution is 6.02. The summed E-state index contributed by atoms with van der Waals surface area (Å²) < 4.78 is 0. The highest BCUT2D eigenvalue weighted by Gasteiger charge is 1.59. The minimum absolute atomic E-state index is 0.806. The van der Waals surface area contributed by atoms with E-state index in [9.17, 15) is 0 Å². The Labute approximate surface area is 48.4 Å². The first-order valence-corrected chi connectivity index (χ1v) is 3.28. The summed E-state index contributed by atoms with van der Waals surface area (Å²) >= 11 is 0. The standard InChI is InChI=1S/C5H8.H5NSi/c1-4-5(2)3;1-2/h4H,1-2H2,3H3;1H2,2H3. The van der Waals surface area contributed by atoms with Crippen molar-refractivity contribution in [2.24, 2.45) is 5.40 Å². The van der Waals surface area contributed by atoms with Crippen LogP contribution in [-0.4, -0.2) is 10.4 Å². The van der Waals surface area contributed by atoms with Crippen LogP contribution in [0.1, 0.15) is 6.92 Å². The summed E-state index contributed by atoms with van der Waals surface area (Å²) in [7, 11) is 0.806. The topological polar surface area (TPSA) is 26.0 Å². The van der Waals surface area contributed by atoms with Crippen molar-refractivity contribution in [2.75, 3.05) is 0 Å². The van der Waals surface area contributed by atoms with Gasteiger partial charge in [0.1, 0.15) is 0 Å². The fraction of sp³-hybridized carbons (Fsp3) is 0.200. The van der Waals surface area contributed by atoms with Crippen molar-refractivity contribution in [3.05, 3.63) is 24.8 Å². The normalized spacial score (nSPS) is 6.00. The van der Waals surface area contributed by atoms with Crippen molar-refractivity contribution in [1.29, 1.82) is 0 Å². The van der Waals surface area contributed by atoms with Gasteiger partial charge in [-0.1, -0.05) is 24.8 Å². The van der Waals surface area contributed by atoms with Gasteiger partial charge in [-0.2, -0.15) is 0 Å². The molecule has 7 heavy (non-hydrogen) atoms. The van der Waals surface area contributed by atoms with Crippen molar-refractivity contribution < 1.29 is 0 Å². The van der Waals surface area contributed by atoms with E-state index >= 15 is 0 Å². The Morgan fingerprint density at radius 2 is 1.86 bits per heavy atom. The van der Waals surface area contributed by atoms with Gasteiger partial charge in [-0.25, -0.2) is 0 Å². The van der Waals surface area contributed by atoms with Crippen LogP contribution in [0.25, 0.3) is 0 Å². The molecule has 0 heterocycles. The van der Waals surface area contributed by atoms with E-state index in [0.717, 1.165) is 16.0 Å². The molecule has 0 aromatic heterocycles. The molecule has 0 unspecified atom stereocenters. The van der Waals surface area contributed by atoms with E-state index in [4.69, 9.17) is 0 Å². The van der Waals surface area contributed by atoms with Gasteiger partial charge in [0.2, 0.25) is 0 Å². The van der Waals surface area contributed by atoms with Gasteiger partial charge in [0.05, 0.1) is 10.4 Å². The van der Waals surface area contributed by atoms with E-state index in [0.29, 0.717) is 0 Å². The molecule has 0 saturated heterocycles. The van der Waals surface area contributed by atoms with Crippen LogP contribution in [0.15, 0.2) is 24.8 Å². The molecule has 0 fully saturated rings. The van der Waals surface area contributed by atoms with Gasteiger partial charge in [-0.3, -0.25) is 0 Å². The second-order valence-corrected chi connectivity index (χ2v) is 1.05. The second-order valence-electron chi connectivity index (χ2n) is 1.05. The average molecular weight is 115 g/mol. The zero-order valence-corrected chi connectivity index (χ0v) is 7.07. The van der Waals surface area contributed by atoms with Gasteiger partial charge < -0.3 is 5.40 Å². The lowest BCUT2D eigenvalue weighted by Crippen LogP contribution is -1.75. The first-order valence-electron chi connectivity index (χ1n) is 2.13. The van der Waals surface area contributed by atoms with E-state index in [1.54, 1.807) is 6.08 Å². The summed E-state index contributed by atoms with van der Waals surface area (Å²) in [4.78, 5) is 0. The molecule has 0 rings (SSSR count). The van der Waals surface area contributed by atoms with Crippen molar-refractivity contribution in [3.8, 4) is 0 Å². The molecule has 0 aromatic carbocycles. The minimum atomic E-state index is 0.806. The summed E-state index contributed by atoms with van der Waals surface area (Å²) in [6.07, 6.45) is 1.72. The Balaban J connectivity index is 0. The quantitative estimate of drug-likeness (QED) is 0.377. The number of hydrogen-bond donors (Lipinski definition) is 1. The molecule has 0 aliphatic carbocycles. The van der Waals surface area contributed by atoms with E-state index in [-0.39, 0.29) is 0 Å². The second kappa shape index (κ2) is 9.17. The third kappa shape index (κ3) is 27.6. The number of allylic oxidation sites excluding steroid dienone is 2. The molecule has 0 aromatic rings. The first kappa shape index (κ1) is 9.82. The van der Waals surface area contributed by atoms with E-state index in [1.807, 2.05) is 6.92 Å². The molecule has 2 heteroatoms. The van der Waals surface area contributed by atoms with E-state index in [1.165, 1.54) is 0 Å². The van der Waals surface area contributed by atoms with Gasteiger partial charge in [-0.05, 0) is 6.92 Å².